The monoisotopic (exact) mass is 1150 g/mol. The Morgan fingerprint density at radius 3 is 1.95 bits per heavy atom. The highest BCUT2D eigenvalue weighted by atomic mass is 16.5. The topological polar surface area (TPSA) is 136 Å². The highest BCUT2D eigenvalue weighted by Gasteiger charge is 2.38. The number of likely N-dealkylation sites (tertiary alicyclic amines) is 1. The minimum absolute atomic E-state index is 0.0336. The highest BCUT2D eigenvalue weighted by Crippen LogP contribution is 2.37. The molecule has 8 heterocycles. The van der Waals surface area contributed by atoms with Crippen LogP contribution in [0, 0.1) is 27.0 Å². The van der Waals surface area contributed by atoms with Crippen molar-refractivity contribution in [1.82, 2.24) is 44.4 Å². The number of nitrogens with zero attached hydrogens (tertiary/aromatic N) is 16. The first-order valence-corrected chi connectivity index (χ1v) is 30.5. The van der Waals surface area contributed by atoms with Gasteiger partial charge in [-0.1, -0.05) is 61.2 Å². The van der Waals surface area contributed by atoms with Crippen LogP contribution in [0.4, 0.5) is 29.0 Å². The highest BCUT2D eigenvalue weighted by molar-refractivity contribution is 5.94. The largest absolute Gasteiger partial charge is 0.462 e. The summed E-state index contributed by atoms with van der Waals surface area (Å²) in [6.07, 6.45) is 11.1. The van der Waals surface area contributed by atoms with Crippen molar-refractivity contribution in [1.29, 1.82) is 0 Å². The van der Waals surface area contributed by atoms with E-state index in [0.29, 0.717) is 77.1 Å². The zero-order chi connectivity index (χ0) is 59.7. The van der Waals surface area contributed by atoms with E-state index in [1.807, 2.05) is 30.0 Å². The average molecular weight is 1150 g/mol. The third-order valence-corrected chi connectivity index (χ3v) is 18.2. The van der Waals surface area contributed by atoms with Gasteiger partial charge >= 0.3 is 6.01 Å². The molecule has 3 aromatic carbocycles. The fourth-order valence-corrected chi connectivity index (χ4v) is 13.2. The van der Waals surface area contributed by atoms with Crippen molar-refractivity contribution in [2.24, 2.45) is 0 Å². The molecule has 4 saturated heterocycles. The number of aromatic nitrogens is 4. The fourth-order valence-electron chi connectivity index (χ4n) is 13.2. The Labute approximate surface area is 503 Å². The van der Waals surface area contributed by atoms with Crippen molar-refractivity contribution < 1.29 is 14.3 Å². The van der Waals surface area contributed by atoms with Crippen LogP contribution in [0.15, 0.2) is 85.5 Å². The lowest BCUT2D eigenvalue weighted by Gasteiger charge is -2.42. The van der Waals surface area contributed by atoms with Gasteiger partial charge in [-0.05, 0) is 129 Å². The zero-order valence-corrected chi connectivity index (χ0v) is 51.2. The van der Waals surface area contributed by atoms with Crippen LogP contribution in [0.1, 0.15) is 59.3 Å². The minimum Gasteiger partial charge on any atom is -0.462 e. The third-order valence-electron chi connectivity index (χ3n) is 18.2. The Kier molecular flexibility index (Phi) is 19.5. The van der Waals surface area contributed by atoms with Gasteiger partial charge in [0.1, 0.15) is 30.3 Å². The number of fused-ring (bicyclic) bond motifs is 3. The lowest BCUT2D eigenvalue weighted by atomic mass is 10.0. The van der Waals surface area contributed by atoms with Gasteiger partial charge < -0.3 is 63.4 Å². The van der Waals surface area contributed by atoms with Gasteiger partial charge in [0, 0.05) is 118 Å². The number of hydrogen-bond donors (Lipinski definition) is 0. The summed E-state index contributed by atoms with van der Waals surface area (Å²) >= 11 is 0. The van der Waals surface area contributed by atoms with Gasteiger partial charge in [0.15, 0.2) is 0 Å². The van der Waals surface area contributed by atoms with E-state index >= 15 is 0 Å². The first-order valence-electron chi connectivity index (χ1n) is 30.5. The molecular weight excluding hydrogens is 1060 g/mol. The smallest absolute Gasteiger partial charge is 0.318 e. The molecule has 448 valence electrons. The molecule has 4 atom stereocenters. The third kappa shape index (κ3) is 13.8. The molecule has 0 N–H and O–H groups in total. The van der Waals surface area contributed by atoms with Gasteiger partial charge in [-0.15, -0.1) is 0 Å². The number of benzene rings is 3. The normalized spacial score (nSPS) is 21.0. The Morgan fingerprint density at radius 1 is 0.671 bits per heavy atom. The number of carbonyl (C=O) groups excluding carboxylic acids is 2. The standard InChI is InChI=1S/C33H46N8O2.C33H40N8O/c1-24-10-7-12-30(25(24)2)39-17-14-28-29(22-39)35-33(43-23-26-11-8-16-38(26)6)36-32(28)40-18-19-41(27(21-40)20-34-3)31(42)13-9-15-37(4)5;1-5-31(42)41-19-18-39(22-26(41)20-34-2)32-28-15-17-38(30-14-8-11-24-10-6-7-13-27(24)30)23-29(28)35-33(36-32)40-16-9-12-25(21-40)37(3)4/h7,9-10,12-13,26-27H,8,11,14-23H2,1-2,4-6H3;5-8,10-11,13-14,25-26H,1,9,12,15-23H2,3-4H3/b13-9+;/t26-,27-;25?,26-/m00/s1. The first-order chi connectivity index (χ1) is 41.2. The molecule has 1 unspecified atom stereocenters. The number of piperazine rings is 2. The van der Waals surface area contributed by atoms with Gasteiger partial charge in [0.2, 0.25) is 30.9 Å². The van der Waals surface area contributed by atoms with Crippen LogP contribution in [0.2, 0.25) is 0 Å². The molecule has 0 bridgehead atoms. The number of rotatable bonds is 15. The zero-order valence-electron chi connectivity index (χ0n) is 51.2. The van der Waals surface area contributed by atoms with Gasteiger partial charge in [-0.25, -0.2) is 18.1 Å². The quantitative estimate of drug-likeness (QED) is 0.0784. The summed E-state index contributed by atoms with van der Waals surface area (Å²) in [6, 6.07) is 22.4. The number of piperidine rings is 1. The number of likely N-dealkylation sites (N-methyl/N-ethyl adjacent to an activating group) is 3. The van der Waals surface area contributed by atoms with E-state index in [2.05, 4.69) is 146 Å². The fraction of sp³-hybridized carbons (Fsp3) is 0.515. The van der Waals surface area contributed by atoms with E-state index < -0.39 is 0 Å². The molecule has 0 spiro atoms. The van der Waals surface area contributed by atoms with Crippen molar-refractivity contribution >= 4 is 51.5 Å². The lowest BCUT2D eigenvalue weighted by molar-refractivity contribution is -0.129. The van der Waals surface area contributed by atoms with Crippen LogP contribution < -0.4 is 29.2 Å². The summed E-state index contributed by atoms with van der Waals surface area (Å²) in [4.78, 5) is 75.6. The predicted molar refractivity (Wildman–Crippen MR) is 340 cm³/mol. The molecule has 85 heavy (non-hydrogen) atoms. The molecule has 2 aromatic heterocycles. The van der Waals surface area contributed by atoms with Gasteiger partial charge in [-0.2, -0.15) is 15.0 Å². The van der Waals surface area contributed by atoms with Crippen molar-refractivity contribution in [3.63, 3.8) is 0 Å². The molecule has 0 aliphatic carbocycles. The molecule has 2 amide bonds. The summed E-state index contributed by atoms with van der Waals surface area (Å²) in [7, 11) is 10.4. The second-order valence-corrected chi connectivity index (χ2v) is 24.2. The molecular formula is C66H86N16O3. The molecule has 5 aromatic rings. The Balaban J connectivity index is 0.000000189. The molecule has 6 aliphatic heterocycles. The molecule has 19 heteroatoms. The average Bonchev–Trinajstić information content (AvgIpc) is 3.45. The number of carbonyl (C=O) groups is 2. The molecule has 0 radical (unpaired) electrons. The number of hydrogen-bond acceptors (Lipinski definition) is 15. The van der Waals surface area contributed by atoms with Crippen molar-refractivity contribution in [3.8, 4) is 6.01 Å². The molecule has 4 fully saturated rings. The summed E-state index contributed by atoms with van der Waals surface area (Å²) in [6.45, 7) is 34.6. The maximum atomic E-state index is 13.1. The number of aryl methyl sites for hydroxylation is 1. The predicted octanol–water partition coefficient (Wildman–Crippen LogP) is 7.03. The molecule has 0 saturated carbocycles. The lowest BCUT2D eigenvalue weighted by Crippen LogP contribution is -2.56. The second-order valence-electron chi connectivity index (χ2n) is 24.2. The number of amides is 2. The van der Waals surface area contributed by atoms with E-state index in [0.717, 1.165) is 99.5 Å². The van der Waals surface area contributed by atoms with Crippen molar-refractivity contribution in [2.75, 3.05) is 158 Å². The van der Waals surface area contributed by atoms with E-state index in [-0.39, 0.29) is 37.0 Å². The summed E-state index contributed by atoms with van der Waals surface area (Å²) in [5.41, 5.74) is 9.48. The summed E-state index contributed by atoms with van der Waals surface area (Å²) in [5.74, 6) is 2.52. The van der Waals surface area contributed by atoms with Crippen molar-refractivity contribution in [3.05, 3.63) is 142 Å². The van der Waals surface area contributed by atoms with E-state index in [1.54, 1.807) is 11.0 Å². The van der Waals surface area contributed by atoms with Crippen LogP contribution in [0.3, 0.4) is 0 Å². The molecule has 6 aliphatic rings. The van der Waals surface area contributed by atoms with E-state index in [1.165, 1.54) is 57.8 Å². The summed E-state index contributed by atoms with van der Waals surface area (Å²) in [5, 5.41) is 2.50. The summed E-state index contributed by atoms with van der Waals surface area (Å²) < 4.78 is 6.30. The maximum Gasteiger partial charge on any atom is 0.318 e. The Morgan fingerprint density at radius 2 is 1.29 bits per heavy atom. The Bertz CT molecular complexity index is 3310. The van der Waals surface area contributed by atoms with Crippen LogP contribution >= 0.6 is 0 Å². The van der Waals surface area contributed by atoms with E-state index in [9.17, 15) is 9.59 Å². The number of anilines is 5. The molecule has 11 rings (SSSR count). The maximum absolute atomic E-state index is 13.1. The van der Waals surface area contributed by atoms with Crippen molar-refractivity contribution in [2.45, 2.75) is 89.6 Å². The molecule has 19 nitrogen and oxygen atoms in total. The van der Waals surface area contributed by atoms with Gasteiger partial charge in [-0.3, -0.25) is 9.59 Å². The minimum atomic E-state index is -0.208. The van der Waals surface area contributed by atoms with Gasteiger partial charge in [0.05, 0.1) is 24.5 Å². The van der Waals surface area contributed by atoms with Gasteiger partial charge in [0.25, 0.3) is 0 Å². The van der Waals surface area contributed by atoms with Crippen LogP contribution in [-0.2, 0) is 35.5 Å². The van der Waals surface area contributed by atoms with Crippen LogP contribution in [-0.4, -0.2) is 214 Å². The van der Waals surface area contributed by atoms with Crippen LogP contribution in [0.25, 0.3) is 20.5 Å². The Hall–Kier alpha value is -7.84. The first kappa shape index (κ1) is 60.3. The van der Waals surface area contributed by atoms with E-state index in [4.69, 9.17) is 37.8 Å². The van der Waals surface area contributed by atoms with Crippen LogP contribution in [0.5, 0.6) is 6.01 Å². The number of ether oxygens (including phenoxy) is 1. The second kappa shape index (κ2) is 27.5. The SMILES string of the molecule is [C-]#[N+]C[C@H]1CN(c2nc(N3CCCC(N(C)C)C3)nc3c2CCN(c2cccc4ccccc24)C3)CCN1C(=O)C=C.[C-]#[N+]C[C@H]1CN(c2nc(OC[C@@H]3CCCN3C)nc3c2CCN(c2cccc(C)c2C)C3)CCN1C(=O)/C=C/CN(C)C.